The summed E-state index contributed by atoms with van der Waals surface area (Å²) in [6, 6.07) is 3.86. The molecule has 0 heterocycles. The van der Waals surface area contributed by atoms with E-state index in [2.05, 4.69) is 0 Å². The van der Waals surface area contributed by atoms with Gasteiger partial charge >= 0.3 is 6.18 Å². The highest BCUT2D eigenvalue weighted by molar-refractivity contribution is 7.89. The lowest BCUT2D eigenvalue weighted by atomic mass is 10.2. The zero-order valence-electron chi connectivity index (χ0n) is 10.6. The largest absolute Gasteiger partial charge is 0.390 e. The summed E-state index contributed by atoms with van der Waals surface area (Å²) in [7, 11) is -2.90. The van der Waals surface area contributed by atoms with E-state index in [0.29, 0.717) is 14.9 Å². The smallest absolute Gasteiger partial charge is 0.326 e. The molecule has 0 aliphatic heterocycles. The van der Waals surface area contributed by atoms with E-state index in [9.17, 15) is 21.6 Å². The first-order valence-corrected chi connectivity index (χ1v) is 7.41. The van der Waals surface area contributed by atoms with E-state index in [1.54, 1.807) is 0 Å². The van der Waals surface area contributed by atoms with Crippen LogP contribution in [0.4, 0.5) is 13.2 Å². The van der Waals surface area contributed by atoms with Crippen LogP contribution in [-0.4, -0.2) is 32.5 Å². The Bertz CT molecular complexity index is 576. The fraction of sp³-hybridized carbons (Fsp3) is 0.455. The molecule has 20 heavy (non-hydrogen) atoms. The number of nitrogens with two attached hydrogens (primary N) is 1. The number of sulfonamides is 1. The first-order chi connectivity index (χ1) is 9.08. The third kappa shape index (κ3) is 4.34. The highest BCUT2D eigenvalue weighted by Gasteiger charge is 2.30. The Kier molecular flexibility index (Phi) is 5.42. The van der Waals surface area contributed by atoms with Crippen molar-refractivity contribution in [3.8, 4) is 0 Å². The summed E-state index contributed by atoms with van der Waals surface area (Å²) in [6.07, 6.45) is -5.62. The summed E-state index contributed by atoms with van der Waals surface area (Å²) in [6.45, 7) is -0.610. The maximum absolute atomic E-state index is 12.1. The monoisotopic (exact) mass is 330 g/mol. The lowest BCUT2D eigenvalue weighted by Crippen LogP contribution is -2.30. The minimum atomic E-state index is -4.41. The predicted octanol–water partition coefficient (Wildman–Crippen LogP) is 2.37. The molecule has 0 aliphatic carbocycles. The molecular formula is C11H14ClF3N2O2S. The van der Waals surface area contributed by atoms with E-state index in [1.807, 2.05) is 0 Å². The van der Waals surface area contributed by atoms with Crippen molar-refractivity contribution in [2.45, 2.75) is 24.0 Å². The molecule has 0 aromatic heterocycles. The molecule has 0 atom stereocenters. The van der Waals surface area contributed by atoms with Gasteiger partial charge in [-0.1, -0.05) is 11.6 Å². The van der Waals surface area contributed by atoms with Crippen molar-refractivity contribution >= 4 is 21.6 Å². The van der Waals surface area contributed by atoms with Gasteiger partial charge in [-0.15, -0.1) is 0 Å². The Morgan fingerprint density at radius 3 is 2.45 bits per heavy atom. The van der Waals surface area contributed by atoms with Crippen molar-refractivity contribution in [1.82, 2.24) is 4.31 Å². The highest BCUT2D eigenvalue weighted by Crippen LogP contribution is 2.24. The van der Waals surface area contributed by atoms with Crippen LogP contribution < -0.4 is 5.73 Å². The third-order valence-electron chi connectivity index (χ3n) is 2.66. The molecule has 0 amide bonds. The van der Waals surface area contributed by atoms with Gasteiger partial charge in [0.25, 0.3) is 0 Å². The zero-order valence-corrected chi connectivity index (χ0v) is 12.2. The van der Waals surface area contributed by atoms with Gasteiger partial charge in [-0.05, 0) is 23.8 Å². The Hall–Kier alpha value is -0.830. The van der Waals surface area contributed by atoms with E-state index in [-0.39, 0.29) is 11.4 Å². The van der Waals surface area contributed by atoms with Gasteiger partial charge in [-0.25, -0.2) is 12.7 Å². The van der Waals surface area contributed by atoms with E-state index < -0.39 is 29.2 Å². The standard InChI is InChI=1S/C11H14ClF3N2O2S/c1-17(5-4-11(13,14)15)20(18,19)9-2-3-10(12)8(6-9)7-16/h2-3,6H,4-5,7,16H2,1H3. The SMILES string of the molecule is CN(CCC(F)(F)F)S(=O)(=O)c1ccc(Cl)c(CN)c1. The number of halogens is 4. The van der Waals surface area contributed by atoms with Crippen LogP contribution in [0.2, 0.25) is 5.02 Å². The molecule has 0 unspecified atom stereocenters. The minimum absolute atomic E-state index is 0.0362. The van der Waals surface area contributed by atoms with E-state index in [1.165, 1.54) is 18.2 Å². The summed E-state index contributed by atoms with van der Waals surface area (Å²) in [5.74, 6) is 0. The average Bonchev–Trinajstić information content (AvgIpc) is 2.35. The van der Waals surface area contributed by atoms with Crippen LogP contribution in [0.5, 0.6) is 0 Å². The van der Waals surface area contributed by atoms with Crippen LogP contribution >= 0.6 is 11.6 Å². The molecule has 1 aromatic carbocycles. The molecule has 114 valence electrons. The lowest BCUT2D eigenvalue weighted by Gasteiger charge is -2.18. The molecule has 0 aliphatic rings. The van der Waals surface area contributed by atoms with Crippen molar-refractivity contribution in [2.24, 2.45) is 5.73 Å². The average molecular weight is 331 g/mol. The van der Waals surface area contributed by atoms with Gasteiger partial charge in [-0.3, -0.25) is 0 Å². The van der Waals surface area contributed by atoms with Crippen LogP contribution in [0.25, 0.3) is 0 Å². The lowest BCUT2D eigenvalue weighted by molar-refractivity contribution is -0.135. The van der Waals surface area contributed by atoms with E-state index >= 15 is 0 Å². The van der Waals surface area contributed by atoms with Gasteiger partial charge in [0.2, 0.25) is 10.0 Å². The van der Waals surface area contributed by atoms with Crippen LogP contribution in [0, 0.1) is 0 Å². The zero-order chi connectivity index (χ0) is 15.6. The van der Waals surface area contributed by atoms with Crippen molar-refractivity contribution in [1.29, 1.82) is 0 Å². The fourth-order valence-electron chi connectivity index (χ4n) is 1.45. The molecule has 9 heteroatoms. The molecule has 0 bridgehead atoms. The topological polar surface area (TPSA) is 63.4 Å². The van der Waals surface area contributed by atoms with Gasteiger partial charge < -0.3 is 5.73 Å². The molecule has 1 rings (SSSR count). The molecule has 0 spiro atoms. The van der Waals surface area contributed by atoms with Crippen molar-refractivity contribution in [2.75, 3.05) is 13.6 Å². The number of benzene rings is 1. The van der Waals surface area contributed by atoms with Gasteiger partial charge in [-0.2, -0.15) is 13.2 Å². The van der Waals surface area contributed by atoms with Gasteiger partial charge in [0.1, 0.15) is 0 Å². The second-order valence-electron chi connectivity index (χ2n) is 4.15. The maximum Gasteiger partial charge on any atom is 0.390 e. The van der Waals surface area contributed by atoms with Gasteiger partial charge in [0.15, 0.2) is 0 Å². The van der Waals surface area contributed by atoms with Crippen LogP contribution in [0.1, 0.15) is 12.0 Å². The highest BCUT2D eigenvalue weighted by atomic mass is 35.5. The second-order valence-corrected chi connectivity index (χ2v) is 6.60. The van der Waals surface area contributed by atoms with Gasteiger partial charge in [0, 0.05) is 25.2 Å². The molecule has 1 aromatic rings. The Labute approximate surface area is 120 Å². The molecule has 2 N–H and O–H groups in total. The van der Waals surface area contributed by atoms with Crippen molar-refractivity contribution < 1.29 is 21.6 Å². The summed E-state index contributed by atoms with van der Waals surface area (Å²) in [5, 5.41) is 0.310. The Balaban J connectivity index is 2.98. The predicted molar refractivity (Wildman–Crippen MR) is 69.8 cm³/mol. The quantitative estimate of drug-likeness (QED) is 0.901. The molecule has 0 saturated heterocycles. The third-order valence-corrected chi connectivity index (χ3v) is 4.88. The molecular weight excluding hydrogens is 317 g/mol. The van der Waals surface area contributed by atoms with Crippen LogP contribution in [0.15, 0.2) is 23.1 Å². The molecule has 0 fully saturated rings. The van der Waals surface area contributed by atoms with Gasteiger partial charge in [0.05, 0.1) is 11.3 Å². The number of nitrogens with zero attached hydrogens (tertiary/aromatic N) is 1. The first-order valence-electron chi connectivity index (χ1n) is 5.59. The number of rotatable bonds is 5. The first kappa shape index (κ1) is 17.2. The van der Waals surface area contributed by atoms with Crippen LogP contribution in [-0.2, 0) is 16.6 Å². The Morgan fingerprint density at radius 2 is 1.95 bits per heavy atom. The van der Waals surface area contributed by atoms with Crippen LogP contribution in [0.3, 0.4) is 0 Å². The summed E-state index contributed by atoms with van der Waals surface area (Å²) < 4.78 is 61.2. The number of hydrogen-bond acceptors (Lipinski definition) is 3. The molecule has 4 nitrogen and oxygen atoms in total. The fourth-order valence-corrected chi connectivity index (χ4v) is 2.87. The normalized spacial score (nSPS) is 12.9. The van der Waals surface area contributed by atoms with Crippen molar-refractivity contribution in [3.63, 3.8) is 0 Å². The number of hydrogen-bond donors (Lipinski definition) is 1. The second kappa shape index (κ2) is 6.30. The maximum atomic E-state index is 12.1. The Morgan fingerprint density at radius 1 is 1.35 bits per heavy atom. The van der Waals surface area contributed by atoms with E-state index in [4.69, 9.17) is 17.3 Å². The van der Waals surface area contributed by atoms with Crippen molar-refractivity contribution in [3.05, 3.63) is 28.8 Å². The van der Waals surface area contributed by atoms with E-state index in [0.717, 1.165) is 7.05 Å². The molecule has 0 saturated carbocycles. The molecule has 0 radical (unpaired) electrons. The summed E-state index contributed by atoms with van der Waals surface area (Å²) in [5.41, 5.74) is 5.83. The number of alkyl halides is 3. The summed E-state index contributed by atoms with van der Waals surface area (Å²) in [4.78, 5) is -0.132. The summed E-state index contributed by atoms with van der Waals surface area (Å²) >= 11 is 5.81. The minimum Gasteiger partial charge on any atom is -0.326 e.